The summed E-state index contributed by atoms with van der Waals surface area (Å²) in [6.07, 6.45) is -1.25. The van der Waals surface area contributed by atoms with Gasteiger partial charge in [0.1, 0.15) is 12.2 Å². The van der Waals surface area contributed by atoms with Crippen LogP contribution in [0.2, 0.25) is 0 Å². The van der Waals surface area contributed by atoms with Crippen molar-refractivity contribution in [3.63, 3.8) is 0 Å². The monoisotopic (exact) mass is 296 g/mol. The molecule has 1 aromatic carbocycles. The number of benzene rings is 1. The Balaban J connectivity index is 2.09. The van der Waals surface area contributed by atoms with Gasteiger partial charge in [0, 0.05) is 6.42 Å². The maximum absolute atomic E-state index is 12.2. The number of carbonyl (C=O) groups is 1. The van der Waals surface area contributed by atoms with Crippen molar-refractivity contribution in [1.82, 2.24) is 0 Å². The number of methoxy groups -OCH3 is 2. The van der Waals surface area contributed by atoms with E-state index in [-0.39, 0.29) is 6.10 Å². The molecule has 1 aliphatic rings. The maximum atomic E-state index is 12.2. The first-order valence-corrected chi connectivity index (χ1v) is 6.79. The molecule has 0 aliphatic carbocycles. The molecule has 0 radical (unpaired) electrons. The van der Waals surface area contributed by atoms with Crippen molar-refractivity contribution in [3.8, 4) is 11.5 Å². The number of hydrogen-bond donors (Lipinski definition) is 1. The molecular formula is C15H20O6. The highest BCUT2D eigenvalue weighted by Crippen LogP contribution is 2.28. The van der Waals surface area contributed by atoms with Crippen LogP contribution in [0.1, 0.15) is 23.7 Å². The van der Waals surface area contributed by atoms with E-state index in [0.29, 0.717) is 30.1 Å². The number of esters is 1. The molecule has 1 N–H and O–H groups in total. The molecule has 6 nitrogen and oxygen atoms in total. The van der Waals surface area contributed by atoms with E-state index >= 15 is 0 Å². The lowest BCUT2D eigenvalue weighted by Gasteiger charge is -2.32. The molecule has 1 fully saturated rings. The van der Waals surface area contributed by atoms with Gasteiger partial charge in [-0.15, -0.1) is 0 Å². The third kappa shape index (κ3) is 3.46. The van der Waals surface area contributed by atoms with Crippen LogP contribution in [0.15, 0.2) is 18.2 Å². The normalized spacial score (nSPS) is 25.2. The van der Waals surface area contributed by atoms with E-state index in [0.717, 1.165) is 0 Å². The summed E-state index contributed by atoms with van der Waals surface area (Å²) in [5.41, 5.74) is 0.346. The van der Waals surface area contributed by atoms with Gasteiger partial charge < -0.3 is 24.1 Å². The molecule has 21 heavy (non-hydrogen) atoms. The Hall–Kier alpha value is -1.79. The minimum Gasteiger partial charge on any atom is -0.493 e. The summed E-state index contributed by atoms with van der Waals surface area (Å²) < 4.78 is 20.9. The zero-order valence-corrected chi connectivity index (χ0v) is 12.4. The first-order valence-electron chi connectivity index (χ1n) is 6.79. The smallest absolute Gasteiger partial charge is 0.338 e. The van der Waals surface area contributed by atoms with E-state index in [4.69, 9.17) is 18.9 Å². The Labute approximate surface area is 123 Å². The molecule has 116 valence electrons. The molecule has 0 saturated carbocycles. The Morgan fingerprint density at radius 2 is 2.00 bits per heavy atom. The number of carbonyl (C=O) groups excluding carboxylic acids is 1. The zero-order chi connectivity index (χ0) is 15.4. The SMILES string of the molecule is COc1ccc(C(=O)OC2CCOC(C)C2O)cc1OC. The zero-order valence-electron chi connectivity index (χ0n) is 12.4. The lowest BCUT2D eigenvalue weighted by Crippen LogP contribution is -2.45. The van der Waals surface area contributed by atoms with E-state index in [9.17, 15) is 9.90 Å². The standard InChI is InChI=1S/C15H20O6/c1-9-14(16)12(6-7-20-9)21-15(17)10-4-5-11(18-2)13(8-10)19-3/h4-5,8-9,12,14,16H,6-7H2,1-3H3. The predicted molar refractivity (Wildman–Crippen MR) is 74.8 cm³/mol. The third-order valence-corrected chi connectivity index (χ3v) is 3.52. The highest BCUT2D eigenvalue weighted by molar-refractivity contribution is 5.90. The molecule has 1 heterocycles. The van der Waals surface area contributed by atoms with Crippen molar-refractivity contribution in [2.24, 2.45) is 0 Å². The van der Waals surface area contributed by atoms with Crippen LogP contribution in [0.25, 0.3) is 0 Å². The van der Waals surface area contributed by atoms with Gasteiger partial charge in [-0.3, -0.25) is 0 Å². The number of hydrogen-bond acceptors (Lipinski definition) is 6. The van der Waals surface area contributed by atoms with Gasteiger partial charge in [0.25, 0.3) is 0 Å². The van der Waals surface area contributed by atoms with Crippen LogP contribution in [-0.4, -0.2) is 50.2 Å². The molecule has 3 unspecified atom stereocenters. The van der Waals surface area contributed by atoms with Crippen LogP contribution >= 0.6 is 0 Å². The number of ether oxygens (including phenoxy) is 4. The molecule has 1 aliphatic heterocycles. The number of aliphatic hydroxyl groups excluding tert-OH is 1. The minimum atomic E-state index is -0.817. The van der Waals surface area contributed by atoms with E-state index in [1.165, 1.54) is 14.2 Å². The van der Waals surface area contributed by atoms with Gasteiger partial charge in [-0.25, -0.2) is 4.79 Å². The number of aliphatic hydroxyl groups is 1. The Bertz CT molecular complexity index is 501. The first kappa shape index (κ1) is 15.6. The molecule has 2 rings (SSSR count). The van der Waals surface area contributed by atoms with Gasteiger partial charge in [0.15, 0.2) is 11.5 Å². The molecule has 6 heteroatoms. The van der Waals surface area contributed by atoms with Crippen molar-refractivity contribution < 1.29 is 28.8 Å². The van der Waals surface area contributed by atoms with Crippen LogP contribution in [0.4, 0.5) is 0 Å². The summed E-state index contributed by atoms with van der Waals surface area (Å²) in [5, 5.41) is 9.97. The summed E-state index contributed by atoms with van der Waals surface area (Å²) in [6.45, 7) is 2.21. The molecule has 0 amide bonds. The molecule has 0 aromatic heterocycles. The average Bonchev–Trinajstić information content (AvgIpc) is 2.51. The van der Waals surface area contributed by atoms with Crippen molar-refractivity contribution in [1.29, 1.82) is 0 Å². The summed E-state index contributed by atoms with van der Waals surface area (Å²) in [7, 11) is 3.02. The minimum absolute atomic E-state index is 0.345. The Morgan fingerprint density at radius 1 is 1.29 bits per heavy atom. The van der Waals surface area contributed by atoms with E-state index in [1.807, 2.05) is 0 Å². The fraction of sp³-hybridized carbons (Fsp3) is 0.533. The lowest BCUT2D eigenvalue weighted by atomic mass is 10.0. The van der Waals surface area contributed by atoms with E-state index in [2.05, 4.69) is 0 Å². The topological polar surface area (TPSA) is 74.2 Å². The molecule has 0 bridgehead atoms. The predicted octanol–water partition coefficient (Wildman–Crippen LogP) is 1.40. The van der Waals surface area contributed by atoms with Crippen molar-refractivity contribution in [3.05, 3.63) is 23.8 Å². The van der Waals surface area contributed by atoms with Crippen LogP contribution in [0.3, 0.4) is 0 Å². The Morgan fingerprint density at radius 3 is 2.67 bits per heavy atom. The van der Waals surface area contributed by atoms with Crippen LogP contribution in [0, 0.1) is 0 Å². The van der Waals surface area contributed by atoms with Crippen LogP contribution < -0.4 is 9.47 Å². The van der Waals surface area contributed by atoms with Crippen LogP contribution in [-0.2, 0) is 9.47 Å². The largest absolute Gasteiger partial charge is 0.493 e. The first-order chi connectivity index (χ1) is 10.1. The Kier molecular flexibility index (Phi) is 5.03. The molecule has 1 aromatic rings. The summed E-state index contributed by atoms with van der Waals surface area (Å²) in [6, 6.07) is 4.79. The second kappa shape index (κ2) is 6.78. The highest BCUT2D eigenvalue weighted by atomic mass is 16.6. The second-order valence-corrected chi connectivity index (χ2v) is 4.87. The summed E-state index contributed by atoms with van der Waals surface area (Å²) >= 11 is 0. The van der Waals surface area contributed by atoms with E-state index in [1.54, 1.807) is 25.1 Å². The second-order valence-electron chi connectivity index (χ2n) is 4.87. The van der Waals surface area contributed by atoms with Gasteiger partial charge in [0.2, 0.25) is 0 Å². The maximum Gasteiger partial charge on any atom is 0.338 e. The third-order valence-electron chi connectivity index (χ3n) is 3.52. The van der Waals surface area contributed by atoms with Gasteiger partial charge in [-0.1, -0.05) is 0 Å². The lowest BCUT2D eigenvalue weighted by molar-refractivity contribution is -0.131. The average molecular weight is 296 g/mol. The highest BCUT2D eigenvalue weighted by Gasteiger charge is 2.33. The molecule has 3 atom stereocenters. The van der Waals surface area contributed by atoms with Crippen molar-refractivity contribution in [2.75, 3.05) is 20.8 Å². The van der Waals surface area contributed by atoms with Gasteiger partial charge in [-0.2, -0.15) is 0 Å². The quantitative estimate of drug-likeness (QED) is 0.847. The summed E-state index contributed by atoms with van der Waals surface area (Å²) in [4.78, 5) is 12.2. The number of rotatable bonds is 4. The van der Waals surface area contributed by atoms with Crippen molar-refractivity contribution >= 4 is 5.97 Å². The molecule has 1 saturated heterocycles. The fourth-order valence-corrected chi connectivity index (χ4v) is 2.24. The van der Waals surface area contributed by atoms with E-state index < -0.39 is 18.2 Å². The molecular weight excluding hydrogens is 276 g/mol. The van der Waals surface area contributed by atoms with Gasteiger partial charge in [-0.05, 0) is 25.1 Å². The molecule has 0 spiro atoms. The van der Waals surface area contributed by atoms with Gasteiger partial charge in [0.05, 0.1) is 32.5 Å². The van der Waals surface area contributed by atoms with Gasteiger partial charge >= 0.3 is 5.97 Å². The fourth-order valence-electron chi connectivity index (χ4n) is 2.24. The van der Waals surface area contributed by atoms with Crippen molar-refractivity contribution in [2.45, 2.75) is 31.7 Å². The van der Waals surface area contributed by atoms with Crippen LogP contribution in [0.5, 0.6) is 11.5 Å². The summed E-state index contributed by atoms with van der Waals surface area (Å²) in [5.74, 6) is 0.482.